The van der Waals surface area contributed by atoms with Crippen LogP contribution in [0.1, 0.15) is 38.5 Å². The lowest BCUT2D eigenvalue weighted by molar-refractivity contribution is -0.0340. The van der Waals surface area contributed by atoms with E-state index >= 15 is 0 Å². The standard InChI is InChI=1S/C11H18ClN/c12-11-4-8-1-9(5-11)3-10(2-8,6-11)7-13/h8-9H,1-7,13H2. The summed E-state index contributed by atoms with van der Waals surface area (Å²) in [6, 6.07) is 0. The van der Waals surface area contributed by atoms with Crippen LogP contribution < -0.4 is 5.73 Å². The second kappa shape index (κ2) is 2.43. The number of rotatable bonds is 1. The molecule has 74 valence electrons. The van der Waals surface area contributed by atoms with Gasteiger partial charge in [0.1, 0.15) is 0 Å². The Hall–Kier alpha value is 0.250. The van der Waals surface area contributed by atoms with Gasteiger partial charge in [-0.25, -0.2) is 0 Å². The molecule has 2 unspecified atom stereocenters. The molecule has 1 nitrogen and oxygen atoms in total. The average Bonchev–Trinajstić information content (AvgIpc) is 1.99. The van der Waals surface area contributed by atoms with Crippen LogP contribution in [0, 0.1) is 17.3 Å². The maximum Gasteiger partial charge on any atom is 0.0457 e. The van der Waals surface area contributed by atoms with Gasteiger partial charge in [-0.05, 0) is 62.3 Å². The SMILES string of the molecule is NCC12CC3CC(CC(Cl)(C3)C1)C2. The Bertz CT molecular complexity index is 224. The molecule has 0 aromatic heterocycles. The molecule has 2 N–H and O–H groups in total. The number of hydrogen-bond donors (Lipinski definition) is 1. The van der Waals surface area contributed by atoms with E-state index in [9.17, 15) is 0 Å². The van der Waals surface area contributed by atoms with Crippen LogP contribution in [-0.4, -0.2) is 11.4 Å². The van der Waals surface area contributed by atoms with E-state index < -0.39 is 0 Å². The zero-order valence-corrected chi connectivity index (χ0v) is 8.82. The second-order valence-electron chi connectivity index (χ2n) is 5.82. The first-order valence-electron chi connectivity index (χ1n) is 5.52. The minimum Gasteiger partial charge on any atom is -0.330 e. The van der Waals surface area contributed by atoms with Crippen molar-refractivity contribution in [2.45, 2.75) is 43.4 Å². The van der Waals surface area contributed by atoms with Crippen LogP contribution in [-0.2, 0) is 0 Å². The van der Waals surface area contributed by atoms with Crippen LogP contribution in [0.25, 0.3) is 0 Å². The first-order chi connectivity index (χ1) is 6.13. The van der Waals surface area contributed by atoms with Gasteiger partial charge < -0.3 is 5.73 Å². The largest absolute Gasteiger partial charge is 0.330 e. The molecular formula is C11H18ClN. The van der Waals surface area contributed by atoms with E-state index in [1.165, 1.54) is 38.5 Å². The molecule has 4 bridgehead atoms. The van der Waals surface area contributed by atoms with Crippen molar-refractivity contribution in [2.75, 3.05) is 6.54 Å². The minimum atomic E-state index is 0.156. The molecule has 2 heteroatoms. The normalized spacial score (nSPS) is 58.6. The highest BCUT2D eigenvalue weighted by molar-refractivity contribution is 6.24. The molecule has 4 fully saturated rings. The lowest BCUT2D eigenvalue weighted by Crippen LogP contribution is -2.55. The van der Waals surface area contributed by atoms with Crippen molar-refractivity contribution < 1.29 is 0 Å². The highest BCUT2D eigenvalue weighted by Gasteiger charge is 2.56. The number of halogens is 1. The van der Waals surface area contributed by atoms with E-state index in [4.69, 9.17) is 17.3 Å². The van der Waals surface area contributed by atoms with E-state index in [1.54, 1.807) is 0 Å². The summed E-state index contributed by atoms with van der Waals surface area (Å²) in [5, 5.41) is 0. The fraction of sp³-hybridized carbons (Fsp3) is 1.00. The summed E-state index contributed by atoms with van der Waals surface area (Å²) in [5.74, 6) is 1.81. The topological polar surface area (TPSA) is 26.0 Å². The Morgan fingerprint density at radius 2 is 1.77 bits per heavy atom. The molecule has 0 radical (unpaired) electrons. The maximum absolute atomic E-state index is 6.64. The van der Waals surface area contributed by atoms with E-state index in [-0.39, 0.29) is 4.87 Å². The van der Waals surface area contributed by atoms with Crippen LogP contribution in [0.5, 0.6) is 0 Å². The van der Waals surface area contributed by atoms with Gasteiger partial charge in [0.25, 0.3) is 0 Å². The fourth-order valence-electron chi connectivity index (χ4n) is 4.57. The zero-order valence-electron chi connectivity index (χ0n) is 8.06. The molecular weight excluding hydrogens is 182 g/mol. The highest BCUT2D eigenvalue weighted by atomic mass is 35.5. The fourth-order valence-corrected chi connectivity index (χ4v) is 5.29. The average molecular weight is 200 g/mol. The summed E-state index contributed by atoms with van der Waals surface area (Å²) >= 11 is 6.64. The molecule has 4 aliphatic rings. The number of alkyl halides is 1. The Balaban J connectivity index is 1.95. The molecule has 0 spiro atoms. The van der Waals surface area contributed by atoms with Crippen molar-refractivity contribution >= 4 is 11.6 Å². The third-order valence-corrected chi connectivity index (χ3v) is 4.99. The monoisotopic (exact) mass is 199 g/mol. The molecule has 0 aliphatic heterocycles. The predicted molar refractivity (Wildman–Crippen MR) is 54.8 cm³/mol. The molecule has 0 saturated heterocycles. The van der Waals surface area contributed by atoms with Crippen LogP contribution in [0.2, 0.25) is 0 Å². The molecule has 4 aliphatic carbocycles. The van der Waals surface area contributed by atoms with E-state index in [0.717, 1.165) is 18.4 Å². The first-order valence-corrected chi connectivity index (χ1v) is 5.90. The molecule has 0 amide bonds. The molecule has 13 heavy (non-hydrogen) atoms. The number of nitrogens with two attached hydrogens (primary N) is 1. The van der Waals surface area contributed by atoms with Gasteiger partial charge in [0.15, 0.2) is 0 Å². The summed E-state index contributed by atoms with van der Waals surface area (Å²) < 4.78 is 0. The van der Waals surface area contributed by atoms with Gasteiger partial charge in [0, 0.05) is 4.87 Å². The van der Waals surface area contributed by atoms with Crippen molar-refractivity contribution in [3.05, 3.63) is 0 Å². The van der Waals surface area contributed by atoms with Crippen LogP contribution in [0.4, 0.5) is 0 Å². The molecule has 2 atom stereocenters. The van der Waals surface area contributed by atoms with Gasteiger partial charge in [-0.3, -0.25) is 0 Å². The minimum absolute atomic E-state index is 0.156. The Morgan fingerprint density at radius 1 is 1.15 bits per heavy atom. The van der Waals surface area contributed by atoms with Crippen LogP contribution in [0.3, 0.4) is 0 Å². The third-order valence-electron chi connectivity index (χ3n) is 4.54. The van der Waals surface area contributed by atoms with Gasteiger partial charge in [-0.1, -0.05) is 0 Å². The summed E-state index contributed by atoms with van der Waals surface area (Å²) in [6.45, 7) is 0.870. The van der Waals surface area contributed by atoms with E-state index in [1.807, 2.05) is 0 Å². The van der Waals surface area contributed by atoms with Crippen LogP contribution >= 0.6 is 11.6 Å². The van der Waals surface area contributed by atoms with Crippen molar-refractivity contribution in [1.29, 1.82) is 0 Å². The van der Waals surface area contributed by atoms with Crippen LogP contribution in [0.15, 0.2) is 0 Å². The van der Waals surface area contributed by atoms with Gasteiger partial charge in [-0.2, -0.15) is 0 Å². The Kier molecular flexibility index (Phi) is 1.60. The molecule has 0 heterocycles. The van der Waals surface area contributed by atoms with Gasteiger partial charge in [0.2, 0.25) is 0 Å². The predicted octanol–water partition coefficient (Wildman–Crippen LogP) is 2.52. The smallest absolute Gasteiger partial charge is 0.0457 e. The van der Waals surface area contributed by atoms with E-state index in [0.29, 0.717) is 5.41 Å². The second-order valence-corrected chi connectivity index (χ2v) is 6.62. The quantitative estimate of drug-likeness (QED) is 0.646. The lowest BCUT2D eigenvalue weighted by atomic mass is 9.49. The summed E-state index contributed by atoms with van der Waals surface area (Å²) in [7, 11) is 0. The summed E-state index contributed by atoms with van der Waals surface area (Å²) in [6.07, 6.45) is 7.92. The molecule has 4 saturated carbocycles. The van der Waals surface area contributed by atoms with E-state index in [2.05, 4.69) is 0 Å². The third kappa shape index (κ3) is 1.16. The van der Waals surface area contributed by atoms with Crippen molar-refractivity contribution in [1.82, 2.24) is 0 Å². The summed E-state index contributed by atoms with van der Waals surface area (Å²) in [4.78, 5) is 0.156. The number of hydrogen-bond acceptors (Lipinski definition) is 1. The molecule has 0 aromatic rings. The van der Waals surface area contributed by atoms with Crippen molar-refractivity contribution in [2.24, 2.45) is 23.0 Å². The zero-order chi connectivity index (χ0) is 9.10. The van der Waals surface area contributed by atoms with Gasteiger partial charge in [0.05, 0.1) is 0 Å². The summed E-state index contributed by atoms with van der Waals surface area (Å²) in [5.41, 5.74) is 6.38. The van der Waals surface area contributed by atoms with Gasteiger partial charge in [-0.15, -0.1) is 11.6 Å². The van der Waals surface area contributed by atoms with Crippen molar-refractivity contribution in [3.8, 4) is 0 Å². The Labute approximate surface area is 85.0 Å². The first kappa shape index (κ1) is 8.55. The highest BCUT2D eigenvalue weighted by Crippen LogP contribution is 2.63. The maximum atomic E-state index is 6.64. The molecule has 4 rings (SSSR count). The molecule has 0 aromatic carbocycles. The Morgan fingerprint density at radius 3 is 2.23 bits per heavy atom. The van der Waals surface area contributed by atoms with Crippen molar-refractivity contribution in [3.63, 3.8) is 0 Å². The lowest BCUT2D eigenvalue weighted by Gasteiger charge is -2.59. The van der Waals surface area contributed by atoms with Gasteiger partial charge >= 0.3 is 0 Å².